The van der Waals surface area contributed by atoms with Gasteiger partial charge in [-0.15, -0.1) is 0 Å². The maximum absolute atomic E-state index is 6.04. The van der Waals surface area contributed by atoms with Crippen LogP contribution in [0.4, 0.5) is 0 Å². The van der Waals surface area contributed by atoms with Gasteiger partial charge in [0, 0.05) is 18.6 Å². The smallest absolute Gasteiger partial charge is 0.0700 e. The van der Waals surface area contributed by atoms with E-state index in [0.29, 0.717) is 6.10 Å². The number of ether oxygens (including phenoxy) is 1. The Kier molecular flexibility index (Phi) is 7.20. The van der Waals surface area contributed by atoms with Gasteiger partial charge < -0.3 is 15.0 Å². The molecule has 0 spiro atoms. The number of rotatable bonds is 8. The number of hydrogen-bond donors (Lipinski definition) is 1. The van der Waals surface area contributed by atoms with E-state index in [1.807, 2.05) is 0 Å². The maximum atomic E-state index is 6.04. The molecule has 1 heterocycles. The Bertz CT molecular complexity index is 207. The SMILES string of the molecule is CCCC(CNC(C)(C)C)OCCN1CCCC1. The molecule has 108 valence electrons. The van der Waals surface area contributed by atoms with Crippen LogP contribution in [-0.4, -0.2) is 49.3 Å². The first-order valence-electron chi connectivity index (χ1n) is 7.60. The van der Waals surface area contributed by atoms with Crippen molar-refractivity contribution < 1.29 is 4.74 Å². The van der Waals surface area contributed by atoms with E-state index in [4.69, 9.17) is 4.74 Å². The first-order valence-corrected chi connectivity index (χ1v) is 7.60. The molecule has 0 saturated carbocycles. The highest BCUT2D eigenvalue weighted by molar-refractivity contribution is 4.74. The molecular formula is C15H32N2O. The summed E-state index contributed by atoms with van der Waals surface area (Å²) in [4.78, 5) is 2.51. The number of hydrogen-bond acceptors (Lipinski definition) is 3. The summed E-state index contributed by atoms with van der Waals surface area (Å²) in [5.41, 5.74) is 0.185. The van der Waals surface area contributed by atoms with E-state index in [9.17, 15) is 0 Å². The lowest BCUT2D eigenvalue weighted by Gasteiger charge is -2.26. The predicted molar refractivity (Wildman–Crippen MR) is 78.1 cm³/mol. The highest BCUT2D eigenvalue weighted by Crippen LogP contribution is 2.08. The van der Waals surface area contributed by atoms with Crippen LogP contribution in [0.3, 0.4) is 0 Å². The molecule has 0 aliphatic carbocycles. The van der Waals surface area contributed by atoms with Crippen LogP contribution in [-0.2, 0) is 4.74 Å². The van der Waals surface area contributed by atoms with Crippen LogP contribution in [0.25, 0.3) is 0 Å². The van der Waals surface area contributed by atoms with E-state index in [1.54, 1.807) is 0 Å². The summed E-state index contributed by atoms with van der Waals surface area (Å²) in [5, 5.41) is 3.55. The number of likely N-dealkylation sites (tertiary alicyclic amines) is 1. The fraction of sp³-hybridized carbons (Fsp3) is 1.00. The van der Waals surface area contributed by atoms with Crippen molar-refractivity contribution in [2.45, 2.75) is 65.0 Å². The van der Waals surface area contributed by atoms with Crippen molar-refractivity contribution in [1.29, 1.82) is 0 Å². The molecule has 1 rings (SSSR count). The molecule has 0 bridgehead atoms. The van der Waals surface area contributed by atoms with Gasteiger partial charge in [0.2, 0.25) is 0 Å². The lowest BCUT2D eigenvalue weighted by Crippen LogP contribution is -2.42. The van der Waals surface area contributed by atoms with Gasteiger partial charge in [-0.2, -0.15) is 0 Å². The van der Waals surface area contributed by atoms with Crippen molar-refractivity contribution in [3.8, 4) is 0 Å². The molecule has 0 aromatic carbocycles. The molecular weight excluding hydrogens is 224 g/mol. The van der Waals surface area contributed by atoms with Crippen LogP contribution >= 0.6 is 0 Å². The normalized spacial score (nSPS) is 19.3. The summed E-state index contributed by atoms with van der Waals surface area (Å²) in [5.74, 6) is 0. The summed E-state index contributed by atoms with van der Waals surface area (Å²) in [6, 6.07) is 0. The van der Waals surface area contributed by atoms with Crippen molar-refractivity contribution in [3.63, 3.8) is 0 Å². The topological polar surface area (TPSA) is 24.5 Å². The van der Waals surface area contributed by atoms with E-state index in [2.05, 4.69) is 37.9 Å². The highest BCUT2D eigenvalue weighted by atomic mass is 16.5. The van der Waals surface area contributed by atoms with Gasteiger partial charge in [-0.3, -0.25) is 0 Å². The van der Waals surface area contributed by atoms with Crippen molar-refractivity contribution in [3.05, 3.63) is 0 Å². The molecule has 1 N–H and O–H groups in total. The fourth-order valence-electron chi connectivity index (χ4n) is 2.34. The Morgan fingerprint density at radius 2 is 1.89 bits per heavy atom. The van der Waals surface area contributed by atoms with E-state index >= 15 is 0 Å². The van der Waals surface area contributed by atoms with Gasteiger partial charge in [0.15, 0.2) is 0 Å². The molecule has 0 amide bonds. The molecule has 1 unspecified atom stereocenters. The van der Waals surface area contributed by atoms with Crippen LogP contribution in [0.1, 0.15) is 53.4 Å². The zero-order valence-electron chi connectivity index (χ0n) is 12.8. The van der Waals surface area contributed by atoms with Gasteiger partial charge in [-0.25, -0.2) is 0 Å². The average molecular weight is 256 g/mol. The zero-order valence-corrected chi connectivity index (χ0v) is 12.8. The second kappa shape index (κ2) is 8.13. The Labute approximate surface area is 113 Å². The molecule has 1 aliphatic rings. The third-order valence-corrected chi connectivity index (χ3v) is 3.43. The molecule has 18 heavy (non-hydrogen) atoms. The molecule has 0 aromatic heterocycles. The van der Waals surface area contributed by atoms with Gasteiger partial charge in [0.25, 0.3) is 0 Å². The molecule has 3 nitrogen and oxygen atoms in total. The molecule has 0 aromatic rings. The molecule has 1 aliphatic heterocycles. The largest absolute Gasteiger partial charge is 0.376 e. The van der Waals surface area contributed by atoms with Crippen molar-refractivity contribution in [2.75, 3.05) is 32.8 Å². The predicted octanol–water partition coefficient (Wildman–Crippen LogP) is 2.66. The van der Waals surface area contributed by atoms with E-state index < -0.39 is 0 Å². The summed E-state index contributed by atoms with van der Waals surface area (Å²) in [7, 11) is 0. The van der Waals surface area contributed by atoms with E-state index in [0.717, 1.165) is 26.1 Å². The summed E-state index contributed by atoms with van der Waals surface area (Å²) < 4.78 is 6.04. The van der Waals surface area contributed by atoms with Gasteiger partial charge in [0.1, 0.15) is 0 Å². The standard InChI is InChI=1S/C15H32N2O/c1-5-8-14(13-16-15(2,3)4)18-12-11-17-9-6-7-10-17/h14,16H,5-13H2,1-4H3. The third kappa shape index (κ3) is 7.34. The molecule has 1 atom stereocenters. The van der Waals surface area contributed by atoms with Crippen LogP contribution in [0.5, 0.6) is 0 Å². The van der Waals surface area contributed by atoms with Gasteiger partial charge in [-0.05, 0) is 53.1 Å². The average Bonchev–Trinajstić information content (AvgIpc) is 2.78. The van der Waals surface area contributed by atoms with E-state index in [-0.39, 0.29) is 5.54 Å². The van der Waals surface area contributed by atoms with Crippen molar-refractivity contribution >= 4 is 0 Å². The second-order valence-corrected chi connectivity index (χ2v) is 6.46. The van der Waals surface area contributed by atoms with Crippen LogP contribution in [0.2, 0.25) is 0 Å². The van der Waals surface area contributed by atoms with Gasteiger partial charge >= 0.3 is 0 Å². The van der Waals surface area contributed by atoms with Gasteiger partial charge in [-0.1, -0.05) is 13.3 Å². The Hall–Kier alpha value is -0.120. The Morgan fingerprint density at radius 3 is 2.44 bits per heavy atom. The molecule has 1 saturated heterocycles. The van der Waals surface area contributed by atoms with E-state index in [1.165, 1.54) is 32.4 Å². The minimum Gasteiger partial charge on any atom is -0.376 e. The molecule has 3 heteroatoms. The quantitative estimate of drug-likeness (QED) is 0.722. The van der Waals surface area contributed by atoms with Crippen LogP contribution in [0, 0.1) is 0 Å². The highest BCUT2D eigenvalue weighted by Gasteiger charge is 2.15. The Balaban J connectivity index is 2.15. The second-order valence-electron chi connectivity index (χ2n) is 6.46. The molecule has 0 radical (unpaired) electrons. The van der Waals surface area contributed by atoms with Crippen LogP contribution < -0.4 is 5.32 Å². The van der Waals surface area contributed by atoms with Crippen molar-refractivity contribution in [1.82, 2.24) is 10.2 Å². The van der Waals surface area contributed by atoms with Crippen molar-refractivity contribution in [2.24, 2.45) is 0 Å². The monoisotopic (exact) mass is 256 g/mol. The first-order chi connectivity index (χ1) is 8.51. The number of nitrogens with zero attached hydrogens (tertiary/aromatic N) is 1. The number of nitrogens with one attached hydrogen (secondary N) is 1. The molecule has 1 fully saturated rings. The maximum Gasteiger partial charge on any atom is 0.0700 e. The minimum atomic E-state index is 0.185. The zero-order chi connectivity index (χ0) is 13.4. The summed E-state index contributed by atoms with van der Waals surface area (Å²) in [6.07, 6.45) is 5.45. The Morgan fingerprint density at radius 1 is 1.22 bits per heavy atom. The lowest BCUT2D eigenvalue weighted by atomic mass is 10.1. The first kappa shape index (κ1) is 15.9. The minimum absolute atomic E-state index is 0.185. The third-order valence-electron chi connectivity index (χ3n) is 3.43. The summed E-state index contributed by atoms with van der Waals surface area (Å²) in [6.45, 7) is 14.3. The van der Waals surface area contributed by atoms with Crippen LogP contribution in [0.15, 0.2) is 0 Å². The van der Waals surface area contributed by atoms with Gasteiger partial charge in [0.05, 0.1) is 12.7 Å². The summed E-state index contributed by atoms with van der Waals surface area (Å²) >= 11 is 0. The fourth-order valence-corrected chi connectivity index (χ4v) is 2.34. The lowest BCUT2D eigenvalue weighted by molar-refractivity contribution is 0.0320.